The van der Waals surface area contributed by atoms with Gasteiger partial charge in [-0.25, -0.2) is 0 Å². The number of nitrogens with one attached hydrogen (secondary N) is 2. The van der Waals surface area contributed by atoms with Crippen molar-refractivity contribution in [2.45, 2.75) is 13.8 Å². The van der Waals surface area contributed by atoms with Gasteiger partial charge in [-0.15, -0.1) is 0 Å². The van der Waals surface area contributed by atoms with Crippen molar-refractivity contribution in [3.05, 3.63) is 41.2 Å². The van der Waals surface area contributed by atoms with E-state index in [0.717, 1.165) is 11.4 Å². The lowest BCUT2D eigenvalue weighted by molar-refractivity contribution is 0.101. The van der Waals surface area contributed by atoms with Crippen molar-refractivity contribution in [3.63, 3.8) is 0 Å². The number of anilines is 2. The molecule has 10 nitrogen and oxygen atoms in total. The number of hydrogen-bond donors (Lipinski definition) is 2. The minimum Gasteiger partial charge on any atom is -0.318 e. The predicted molar refractivity (Wildman–Crippen MR) is 95.0 cm³/mol. The molecular formula is C16H20N8O2. The molecule has 0 fully saturated rings. The van der Waals surface area contributed by atoms with E-state index >= 15 is 0 Å². The van der Waals surface area contributed by atoms with E-state index in [1.165, 1.54) is 10.9 Å². The molecule has 0 aliphatic rings. The molecule has 10 heteroatoms. The van der Waals surface area contributed by atoms with Gasteiger partial charge in [-0.2, -0.15) is 15.3 Å². The minimum atomic E-state index is -0.409. The summed E-state index contributed by atoms with van der Waals surface area (Å²) in [5, 5.41) is 17.8. The maximum Gasteiger partial charge on any atom is 0.276 e. The molecule has 0 bridgehead atoms. The molecule has 3 rings (SSSR count). The highest BCUT2D eigenvalue weighted by Crippen LogP contribution is 2.19. The van der Waals surface area contributed by atoms with Crippen molar-refractivity contribution in [2.24, 2.45) is 21.1 Å². The largest absolute Gasteiger partial charge is 0.318 e. The van der Waals surface area contributed by atoms with Gasteiger partial charge in [0.1, 0.15) is 5.69 Å². The maximum absolute atomic E-state index is 12.7. The second-order valence-electron chi connectivity index (χ2n) is 6.00. The number of carbonyl (C=O) groups excluding carboxylic acids is 2. The fraction of sp³-hybridized carbons (Fsp3) is 0.312. The lowest BCUT2D eigenvalue weighted by atomic mass is 10.3. The van der Waals surface area contributed by atoms with Gasteiger partial charge >= 0.3 is 0 Å². The molecule has 3 heterocycles. The Hall–Kier alpha value is -3.43. The van der Waals surface area contributed by atoms with Crippen LogP contribution in [0.2, 0.25) is 0 Å². The molecule has 0 aliphatic heterocycles. The molecule has 0 aliphatic carbocycles. The Bertz CT molecular complexity index is 975. The molecule has 0 spiro atoms. The van der Waals surface area contributed by atoms with E-state index in [-0.39, 0.29) is 11.4 Å². The van der Waals surface area contributed by atoms with Crippen LogP contribution < -0.4 is 10.6 Å². The van der Waals surface area contributed by atoms with Gasteiger partial charge in [-0.1, -0.05) is 0 Å². The zero-order valence-corrected chi connectivity index (χ0v) is 15.2. The SMILES string of the molecule is Cc1cc(C(=O)Nc2cnn(C)c2C(=O)Nc2cnn(C)c2C)nn1C. The molecule has 0 unspecified atom stereocenters. The van der Waals surface area contributed by atoms with Gasteiger partial charge < -0.3 is 10.6 Å². The number of aromatic nitrogens is 6. The first-order chi connectivity index (χ1) is 12.3. The molecule has 3 aromatic heterocycles. The van der Waals surface area contributed by atoms with Gasteiger partial charge in [0.25, 0.3) is 11.8 Å². The number of carbonyl (C=O) groups is 2. The number of nitrogens with zero attached hydrogens (tertiary/aromatic N) is 6. The van der Waals surface area contributed by atoms with E-state index in [1.54, 1.807) is 42.8 Å². The molecule has 0 saturated heterocycles. The summed E-state index contributed by atoms with van der Waals surface area (Å²) in [6.45, 7) is 3.70. The van der Waals surface area contributed by atoms with Crippen molar-refractivity contribution in [1.82, 2.24) is 29.3 Å². The Labute approximate surface area is 149 Å². The molecule has 2 N–H and O–H groups in total. The third kappa shape index (κ3) is 3.08. The van der Waals surface area contributed by atoms with Gasteiger partial charge in [-0.3, -0.25) is 23.6 Å². The average Bonchev–Trinajstić information content (AvgIpc) is 3.22. The Kier molecular flexibility index (Phi) is 4.33. The van der Waals surface area contributed by atoms with Gasteiger partial charge in [0, 0.05) is 26.8 Å². The van der Waals surface area contributed by atoms with Crippen LogP contribution in [0.15, 0.2) is 18.5 Å². The molecule has 136 valence electrons. The highest BCUT2D eigenvalue weighted by Gasteiger charge is 2.21. The average molecular weight is 356 g/mol. The van der Waals surface area contributed by atoms with Crippen molar-refractivity contribution in [3.8, 4) is 0 Å². The standard InChI is InChI=1S/C16H20N8O2/c1-9-6-11(21-22(9)3)15(25)20-13-8-18-24(5)14(13)16(26)19-12-7-17-23(4)10(12)2/h6-8H,1-5H3,(H,19,26)(H,20,25). The molecule has 0 radical (unpaired) electrons. The zero-order chi connectivity index (χ0) is 19.0. The number of rotatable bonds is 4. The lowest BCUT2D eigenvalue weighted by Crippen LogP contribution is -2.20. The summed E-state index contributed by atoms with van der Waals surface area (Å²) in [5.41, 5.74) is 3.06. The van der Waals surface area contributed by atoms with E-state index in [1.807, 2.05) is 13.8 Å². The molecule has 0 atom stereocenters. The number of amides is 2. The van der Waals surface area contributed by atoms with Crippen LogP contribution in [0, 0.1) is 13.8 Å². The highest BCUT2D eigenvalue weighted by molar-refractivity contribution is 6.11. The summed E-state index contributed by atoms with van der Waals surface area (Å²) in [5.74, 6) is -0.804. The number of aryl methyl sites for hydroxylation is 4. The Morgan fingerprint density at radius 2 is 1.50 bits per heavy atom. The zero-order valence-electron chi connectivity index (χ0n) is 15.2. The van der Waals surface area contributed by atoms with Crippen LogP contribution in [-0.2, 0) is 21.1 Å². The second kappa shape index (κ2) is 6.47. The highest BCUT2D eigenvalue weighted by atomic mass is 16.2. The first kappa shape index (κ1) is 17.4. The van der Waals surface area contributed by atoms with Gasteiger partial charge in [-0.05, 0) is 19.9 Å². The third-order valence-corrected chi connectivity index (χ3v) is 4.23. The van der Waals surface area contributed by atoms with Gasteiger partial charge in [0.15, 0.2) is 5.69 Å². The summed E-state index contributed by atoms with van der Waals surface area (Å²) >= 11 is 0. The van der Waals surface area contributed by atoms with Gasteiger partial charge in [0.2, 0.25) is 0 Å². The van der Waals surface area contributed by atoms with Crippen LogP contribution >= 0.6 is 0 Å². The first-order valence-electron chi connectivity index (χ1n) is 7.92. The lowest BCUT2D eigenvalue weighted by Gasteiger charge is -2.08. The van der Waals surface area contributed by atoms with Crippen LogP contribution in [0.1, 0.15) is 32.4 Å². The molecule has 3 aromatic rings. The van der Waals surface area contributed by atoms with E-state index in [0.29, 0.717) is 11.4 Å². The molecular weight excluding hydrogens is 336 g/mol. The fourth-order valence-corrected chi connectivity index (χ4v) is 2.46. The smallest absolute Gasteiger partial charge is 0.276 e. The molecule has 0 saturated carbocycles. The molecule has 26 heavy (non-hydrogen) atoms. The topological polar surface area (TPSA) is 112 Å². The fourth-order valence-electron chi connectivity index (χ4n) is 2.46. The predicted octanol–water partition coefficient (Wildman–Crippen LogP) is 1.01. The van der Waals surface area contributed by atoms with Crippen molar-refractivity contribution in [2.75, 3.05) is 10.6 Å². The van der Waals surface area contributed by atoms with Crippen molar-refractivity contribution < 1.29 is 9.59 Å². The van der Waals surface area contributed by atoms with Crippen molar-refractivity contribution in [1.29, 1.82) is 0 Å². The maximum atomic E-state index is 12.7. The summed E-state index contributed by atoms with van der Waals surface area (Å²) in [7, 11) is 5.17. The normalized spacial score (nSPS) is 10.8. The van der Waals surface area contributed by atoms with Gasteiger partial charge in [0.05, 0.1) is 29.5 Å². The molecule has 0 aromatic carbocycles. The van der Waals surface area contributed by atoms with Crippen LogP contribution in [0.25, 0.3) is 0 Å². The first-order valence-corrected chi connectivity index (χ1v) is 7.92. The van der Waals surface area contributed by atoms with E-state index < -0.39 is 11.8 Å². The number of hydrogen-bond acceptors (Lipinski definition) is 5. The van der Waals surface area contributed by atoms with Crippen LogP contribution in [0.5, 0.6) is 0 Å². The second-order valence-corrected chi connectivity index (χ2v) is 6.00. The summed E-state index contributed by atoms with van der Waals surface area (Å²) in [6, 6.07) is 1.67. The summed E-state index contributed by atoms with van der Waals surface area (Å²) in [6.07, 6.45) is 3.00. The Morgan fingerprint density at radius 3 is 2.08 bits per heavy atom. The van der Waals surface area contributed by atoms with Crippen LogP contribution in [-0.4, -0.2) is 41.2 Å². The Morgan fingerprint density at radius 1 is 0.885 bits per heavy atom. The summed E-state index contributed by atoms with van der Waals surface area (Å²) in [4.78, 5) is 25.1. The monoisotopic (exact) mass is 356 g/mol. The van der Waals surface area contributed by atoms with E-state index in [4.69, 9.17) is 0 Å². The summed E-state index contributed by atoms with van der Waals surface area (Å²) < 4.78 is 4.67. The van der Waals surface area contributed by atoms with E-state index in [9.17, 15) is 9.59 Å². The third-order valence-electron chi connectivity index (χ3n) is 4.23. The van der Waals surface area contributed by atoms with Crippen LogP contribution in [0.3, 0.4) is 0 Å². The molecule has 2 amide bonds. The minimum absolute atomic E-state index is 0.231. The Balaban J connectivity index is 1.83. The van der Waals surface area contributed by atoms with E-state index in [2.05, 4.69) is 25.9 Å². The van der Waals surface area contributed by atoms with Crippen LogP contribution in [0.4, 0.5) is 11.4 Å². The quantitative estimate of drug-likeness (QED) is 0.724. The van der Waals surface area contributed by atoms with Crippen molar-refractivity contribution >= 4 is 23.2 Å².